The van der Waals surface area contributed by atoms with Gasteiger partial charge in [-0.25, -0.2) is 9.89 Å². The summed E-state index contributed by atoms with van der Waals surface area (Å²) in [4.78, 5) is 11.3. The SMILES string of the molecule is CCn1c(Cc2cccn2C)n[nH]c1=O. The van der Waals surface area contributed by atoms with Gasteiger partial charge in [0.25, 0.3) is 0 Å². The van der Waals surface area contributed by atoms with Crippen molar-refractivity contribution in [3.63, 3.8) is 0 Å². The first-order valence-corrected chi connectivity index (χ1v) is 4.96. The largest absolute Gasteiger partial charge is 0.354 e. The molecule has 0 bridgehead atoms. The molecule has 0 atom stereocenters. The summed E-state index contributed by atoms with van der Waals surface area (Å²) in [5.41, 5.74) is 1.01. The highest BCUT2D eigenvalue weighted by atomic mass is 16.1. The minimum absolute atomic E-state index is 0.137. The van der Waals surface area contributed by atoms with E-state index in [2.05, 4.69) is 10.2 Å². The maximum Gasteiger partial charge on any atom is 0.343 e. The molecule has 0 fully saturated rings. The average molecular weight is 206 g/mol. The summed E-state index contributed by atoms with van der Waals surface area (Å²) < 4.78 is 3.67. The second-order valence-corrected chi connectivity index (χ2v) is 3.48. The number of nitrogens with zero attached hydrogens (tertiary/aromatic N) is 3. The molecule has 0 amide bonds. The van der Waals surface area contributed by atoms with Crippen LogP contribution in [0, 0.1) is 0 Å². The van der Waals surface area contributed by atoms with E-state index in [4.69, 9.17) is 0 Å². The molecule has 0 saturated carbocycles. The highest BCUT2D eigenvalue weighted by Gasteiger charge is 2.08. The van der Waals surface area contributed by atoms with Crippen molar-refractivity contribution in [1.82, 2.24) is 19.3 Å². The Morgan fingerprint density at radius 3 is 2.93 bits per heavy atom. The van der Waals surface area contributed by atoms with Crippen LogP contribution >= 0.6 is 0 Å². The molecule has 5 nitrogen and oxygen atoms in total. The first kappa shape index (κ1) is 9.76. The van der Waals surface area contributed by atoms with E-state index in [1.54, 1.807) is 4.57 Å². The predicted molar refractivity (Wildman–Crippen MR) is 56.7 cm³/mol. The van der Waals surface area contributed by atoms with Gasteiger partial charge in [-0.1, -0.05) is 0 Å². The second kappa shape index (κ2) is 3.76. The number of hydrogen-bond donors (Lipinski definition) is 1. The van der Waals surface area contributed by atoms with Crippen molar-refractivity contribution in [1.29, 1.82) is 0 Å². The number of hydrogen-bond acceptors (Lipinski definition) is 2. The van der Waals surface area contributed by atoms with E-state index in [1.807, 2.05) is 36.9 Å². The van der Waals surface area contributed by atoms with Crippen molar-refractivity contribution < 1.29 is 0 Å². The molecule has 0 aliphatic heterocycles. The van der Waals surface area contributed by atoms with E-state index >= 15 is 0 Å². The number of aryl methyl sites for hydroxylation is 1. The third-order valence-electron chi connectivity index (χ3n) is 2.54. The summed E-state index contributed by atoms with van der Waals surface area (Å²) in [5, 5.41) is 6.48. The van der Waals surface area contributed by atoms with Crippen LogP contribution in [-0.4, -0.2) is 19.3 Å². The summed E-state index contributed by atoms with van der Waals surface area (Å²) in [6.07, 6.45) is 2.66. The van der Waals surface area contributed by atoms with Gasteiger partial charge in [-0.15, -0.1) is 0 Å². The van der Waals surface area contributed by atoms with Gasteiger partial charge in [0.2, 0.25) is 0 Å². The molecule has 0 aliphatic carbocycles. The molecule has 2 rings (SSSR count). The molecule has 15 heavy (non-hydrogen) atoms. The standard InChI is InChI=1S/C10H14N4O/c1-3-14-9(11-12-10(14)15)7-8-5-4-6-13(8)2/h4-6H,3,7H2,1-2H3,(H,12,15). The Hall–Kier alpha value is -1.78. The summed E-state index contributed by atoms with van der Waals surface area (Å²) >= 11 is 0. The van der Waals surface area contributed by atoms with Crippen LogP contribution in [0.2, 0.25) is 0 Å². The molecule has 1 N–H and O–H groups in total. The highest BCUT2D eigenvalue weighted by Crippen LogP contribution is 2.05. The van der Waals surface area contributed by atoms with E-state index in [0.29, 0.717) is 13.0 Å². The van der Waals surface area contributed by atoms with Gasteiger partial charge in [0.15, 0.2) is 0 Å². The fraction of sp³-hybridized carbons (Fsp3) is 0.400. The lowest BCUT2D eigenvalue weighted by Crippen LogP contribution is -2.18. The summed E-state index contributed by atoms with van der Waals surface area (Å²) in [6.45, 7) is 2.58. The molecule has 80 valence electrons. The zero-order valence-corrected chi connectivity index (χ0v) is 8.90. The Morgan fingerprint density at radius 2 is 2.33 bits per heavy atom. The molecule has 2 aromatic rings. The van der Waals surface area contributed by atoms with Gasteiger partial charge in [-0.2, -0.15) is 5.10 Å². The number of aromatic nitrogens is 4. The molecular formula is C10H14N4O. The number of nitrogens with one attached hydrogen (secondary N) is 1. The van der Waals surface area contributed by atoms with Gasteiger partial charge < -0.3 is 4.57 Å². The Kier molecular flexibility index (Phi) is 2.45. The van der Waals surface area contributed by atoms with E-state index < -0.39 is 0 Å². The zero-order chi connectivity index (χ0) is 10.8. The van der Waals surface area contributed by atoms with Crippen molar-refractivity contribution in [2.75, 3.05) is 0 Å². The van der Waals surface area contributed by atoms with Gasteiger partial charge in [-0.3, -0.25) is 4.57 Å². The van der Waals surface area contributed by atoms with Gasteiger partial charge in [-0.05, 0) is 19.1 Å². The molecule has 0 spiro atoms. The van der Waals surface area contributed by atoms with Crippen LogP contribution in [0.15, 0.2) is 23.1 Å². The van der Waals surface area contributed by atoms with E-state index in [1.165, 1.54) is 0 Å². The quantitative estimate of drug-likeness (QED) is 0.796. The smallest absolute Gasteiger partial charge is 0.343 e. The normalized spacial score (nSPS) is 10.8. The van der Waals surface area contributed by atoms with Crippen LogP contribution < -0.4 is 5.69 Å². The van der Waals surface area contributed by atoms with Crippen LogP contribution in [0.25, 0.3) is 0 Å². The first-order valence-electron chi connectivity index (χ1n) is 4.96. The number of rotatable bonds is 3. The van der Waals surface area contributed by atoms with Crippen molar-refractivity contribution in [2.24, 2.45) is 7.05 Å². The zero-order valence-electron chi connectivity index (χ0n) is 8.90. The van der Waals surface area contributed by atoms with E-state index in [9.17, 15) is 4.79 Å². The summed E-state index contributed by atoms with van der Waals surface area (Å²) in [5.74, 6) is 0.782. The Bertz CT molecular complexity index is 505. The summed E-state index contributed by atoms with van der Waals surface area (Å²) in [6, 6.07) is 4.01. The molecule has 0 unspecified atom stereocenters. The van der Waals surface area contributed by atoms with E-state index in [-0.39, 0.29) is 5.69 Å². The molecule has 0 aromatic carbocycles. The van der Waals surface area contributed by atoms with Crippen LogP contribution in [0.4, 0.5) is 0 Å². The lowest BCUT2D eigenvalue weighted by Gasteiger charge is -2.03. The molecule has 0 radical (unpaired) electrons. The summed E-state index contributed by atoms with van der Waals surface area (Å²) in [7, 11) is 1.98. The third-order valence-corrected chi connectivity index (χ3v) is 2.54. The first-order chi connectivity index (χ1) is 7.22. The Labute approximate surface area is 87.4 Å². The monoisotopic (exact) mass is 206 g/mol. The fourth-order valence-electron chi connectivity index (χ4n) is 1.65. The van der Waals surface area contributed by atoms with Crippen LogP contribution in [-0.2, 0) is 20.0 Å². The Balaban J connectivity index is 2.32. The van der Waals surface area contributed by atoms with E-state index in [0.717, 1.165) is 11.5 Å². The van der Waals surface area contributed by atoms with Crippen molar-refractivity contribution in [2.45, 2.75) is 19.9 Å². The van der Waals surface area contributed by atoms with Crippen LogP contribution in [0.5, 0.6) is 0 Å². The molecule has 2 heterocycles. The lowest BCUT2D eigenvalue weighted by molar-refractivity contribution is 0.679. The number of H-pyrrole nitrogens is 1. The minimum Gasteiger partial charge on any atom is -0.354 e. The average Bonchev–Trinajstić information content (AvgIpc) is 2.76. The molecule has 2 aromatic heterocycles. The van der Waals surface area contributed by atoms with Crippen molar-refractivity contribution in [3.8, 4) is 0 Å². The third kappa shape index (κ3) is 1.72. The second-order valence-electron chi connectivity index (χ2n) is 3.48. The molecule has 0 saturated heterocycles. The minimum atomic E-state index is -0.137. The number of aromatic amines is 1. The van der Waals surface area contributed by atoms with Gasteiger partial charge >= 0.3 is 5.69 Å². The van der Waals surface area contributed by atoms with Gasteiger partial charge in [0.1, 0.15) is 5.82 Å². The van der Waals surface area contributed by atoms with Gasteiger partial charge in [0.05, 0.1) is 0 Å². The van der Waals surface area contributed by atoms with Gasteiger partial charge in [0, 0.05) is 31.9 Å². The molecular weight excluding hydrogens is 192 g/mol. The van der Waals surface area contributed by atoms with Crippen LogP contribution in [0.1, 0.15) is 18.4 Å². The fourth-order valence-corrected chi connectivity index (χ4v) is 1.65. The maximum atomic E-state index is 11.3. The highest BCUT2D eigenvalue weighted by molar-refractivity contribution is 5.12. The topological polar surface area (TPSA) is 55.6 Å². The maximum absolute atomic E-state index is 11.3. The van der Waals surface area contributed by atoms with Crippen LogP contribution in [0.3, 0.4) is 0 Å². The predicted octanol–water partition coefficient (Wildman–Crippen LogP) is 0.521. The van der Waals surface area contributed by atoms with Crippen molar-refractivity contribution in [3.05, 3.63) is 40.3 Å². The van der Waals surface area contributed by atoms with Crippen molar-refractivity contribution >= 4 is 0 Å². The Morgan fingerprint density at radius 1 is 1.53 bits per heavy atom. The molecule has 0 aliphatic rings. The lowest BCUT2D eigenvalue weighted by atomic mass is 10.3. The molecule has 5 heteroatoms.